The highest BCUT2D eigenvalue weighted by atomic mass is 35.5. The summed E-state index contributed by atoms with van der Waals surface area (Å²) in [6, 6.07) is 17.5. The fourth-order valence-electron chi connectivity index (χ4n) is 3.15. The Kier molecular flexibility index (Phi) is 7.91. The fourth-order valence-corrected chi connectivity index (χ4v) is 3.66. The van der Waals surface area contributed by atoms with Crippen molar-refractivity contribution in [2.75, 3.05) is 13.2 Å². The number of rotatable bonds is 9. The van der Waals surface area contributed by atoms with Gasteiger partial charge >= 0.3 is 0 Å². The van der Waals surface area contributed by atoms with E-state index in [2.05, 4.69) is 10.4 Å². The normalized spacial score (nSPS) is 12.0. The standard InChI is InChI=1S/C23H25Cl2N3O2/c1-16-21(22(25)28(27-16)15-19-11-6-7-12-20(19)24)23(29)26-13-8-14-30-17(2)18-9-4-3-5-10-18/h3-7,9-12,17H,8,13-15H2,1-2H3,(H,26,29). The zero-order chi connectivity index (χ0) is 21.5. The highest BCUT2D eigenvalue weighted by molar-refractivity contribution is 6.33. The van der Waals surface area contributed by atoms with Gasteiger partial charge in [0.05, 0.1) is 23.9 Å². The second-order valence-corrected chi connectivity index (χ2v) is 7.80. The monoisotopic (exact) mass is 445 g/mol. The van der Waals surface area contributed by atoms with Gasteiger partial charge in [0.25, 0.3) is 5.91 Å². The molecule has 0 spiro atoms. The highest BCUT2D eigenvalue weighted by Crippen LogP contribution is 2.23. The number of hydrogen-bond donors (Lipinski definition) is 1. The van der Waals surface area contributed by atoms with Crippen LogP contribution in [-0.4, -0.2) is 28.8 Å². The first-order valence-electron chi connectivity index (χ1n) is 9.88. The Bertz CT molecular complexity index is 989. The van der Waals surface area contributed by atoms with E-state index in [1.54, 1.807) is 11.6 Å². The number of aromatic nitrogens is 2. The molecule has 3 rings (SSSR count). The predicted octanol–water partition coefficient (Wildman–Crippen LogP) is 5.44. The molecule has 3 aromatic rings. The van der Waals surface area contributed by atoms with E-state index < -0.39 is 0 Å². The first-order chi connectivity index (χ1) is 14.5. The van der Waals surface area contributed by atoms with Crippen molar-refractivity contribution in [1.82, 2.24) is 15.1 Å². The van der Waals surface area contributed by atoms with Crippen LogP contribution in [0.15, 0.2) is 54.6 Å². The number of nitrogens with zero attached hydrogens (tertiary/aromatic N) is 2. The summed E-state index contributed by atoms with van der Waals surface area (Å²) in [6.45, 7) is 5.23. The lowest BCUT2D eigenvalue weighted by atomic mass is 10.1. The van der Waals surface area contributed by atoms with Gasteiger partial charge in [-0.1, -0.05) is 71.7 Å². The molecule has 0 bridgehead atoms. The number of hydrogen-bond acceptors (Lipinski definition) is 3. The maximum absolute atomic E-state index is 12.6. The van der Waals surface area contributed by atoms with Gasteiger partial charge in [0.1, 0.15) is 5.15 Å². The van der Waals surface area contributed by atoms with E-state index in [0.29, 0.717) is 47.6 Å². The molecule has 1 amide bonds. The second kappa shape index (κ2) is 10.6. The van der Waals surface area contributed by atoms with Gasteiger partial charge in [-0.2, -0.15) is 5.10 Å². The number of carbonyl (C=O) groups is 1. The lowest BCUT2D eigenvalue weighted by Crippen LogP contribution is -2.26. The minimum atomic E-state index is -0.237. The number of nitrogens with one attached hydrogen (secondary N) is 1. The molecule has 0 aliphatic heterocycles. The molecule has 158 valence electrons. The Morgan fingerprint density at radius 2 is 1.83 bits per heavy atom. The van der Waals surface area contributed by atoms with E-state index in [1.807, 2.05) is 61.5 Å². The molecule has 5 nitrogen and oxygen atoms in total. The van der Waals surface area contributed by atoms with Crippen molar-refractivity contribution in [1.29, 1.82) is 0 Å². The van der Waals surface area contributed by atoms with Gasteiger partial charge < -0.3 is 10.1 Å². The first-order valence-corrected chi connectivity index (χ1v) is 10.6. The van der Waals surface area contributed by atoms with Crippen molar-refractivity contribution >= 4 is 29.1 Å². The molecule has 1 heterocycles. The second-order valence-electron chi connectivity index (χ2n) is 7.03. The Balaban J connectivity index is 1.51. The molecule has 0 fully saturated rings. The molecule has 0 aliphatic carbocycles. The van der Waals surface area contributed by atoms with Crippen LogP contribution in [0.25, 0.3) is 0 Å². The lowest BCUT2D eigenvalue weighted by Gasteiger charge is -2.13. The molecule has 30 heavy (non-hydrogen) atoms. The molecule has 1 N–H and O–H groups in total. The molecule has 2 aromatic carbocycles. The fraction of sp³-hybridized carbons (Fsp3) is 0.304. The van der Waals surface area contributed by atoms with Crippen LogP contribution < -0.4 is 5.32 Å². The van der Waals surface area contributed by atoms with E-state index in [0.717, 1.165) is 11.1 Å². The topological polar surface area (TPSA) is 56.2 Å². The summed E-state index contributed by atoms with van der Waals surface area (Å²) in [7, 11) is 0. The molecule has 0 radical (unpaired) electrons. The van der Waals surface area contributed by atoms with Crippen molar-refractivity contribution < 1.29 is 9.53 Å². The molecule has 1 aromatic heterocycles. The summed E-state index contributed by atoms with van der Waals surface area (Å²) < 4.78 is 7.43. The molecule has 0 saturated carbocycles. The van der Waals surface area contributed by atoms with Crippen LogP contribution in [0.3, 0.4) is 0 Å². The summed E-state index contributed by atoms with van der Waals surface area (Å²) in [4.78, 5) is 12.6. The predicted molar refractivity (Wildman–Crippen MR) is 120 cm³/mol. The largest absolute Gasteiger partial charge is 0.374 e. The van der Waals surface area contributed by atoms with Crippen molar-refractivity contribution in [2.24, 2.45) is 0 Å². The van der Waals surface area contributed by atoms with Crippen molar-refractivity contribution in [3.63, 3.8) is 0 Å². The van der Waals surface area contributed by atoms with Gasteiger partial charge in [0.15, 0.2) is 0 Å². The quantitative estimate of drug-likeness (QED) is 0.445. The van der Waals surface area contributed by atoms with Crippen molar-refractivity contribution in [2.45, 2.75) is 32.9 Å². The zero-order valence-electron chi connectivity index (χ0n) is 17.1. The third kappa shape index (κ3) is 5.63. The molecular weight excluding hydrogens is 421 g/mol. The average Bonchev–Trinajstić information content (AvgIpc) is 3.02. The van der Waals surface area contributed by atoms with Crippen LogP contribution in [0, 0.1) is 6.92 Å². The smallest absolute Gasteiger partial charge is 0.256 e. The van der Waals surface area contributed by atoms with E-state index in [-0.39, 0.29) is 12.0 Å². The minimum absolute atomic E-state index is 0.0154. The molecule has 1 atom stereocenters. The summed E-state index contributed by atoms with van der Waals surface area (Å²) in [5, 5.41) is 8.25. The van der Waals surface area contributed by atoms with Gasteiger partial charge in [-0.05, 0) is 37.5 Å². The van der Waals surface area contributed by atoms with Crippen LogP contribution in [-0.2, 0) is 11.3 Å². The third-order valence-electron chi connectivity index (χ3n) is 4.81. The van der Waals surface area contributed by atoms with E-state index >= 15 is 0 Å². The molecule has 7 heteroatoms. The van der Waals surface area contributed by atoms with Crippen LogP contribution >= 0.6 is 23.2 Å². The minimum Gasteiger partial charge on any atom is -0.374 e. The number of carbonyl (C=O) groups excluding carboxylic acids is 1. The summed E-state index contributed by atoms with van der Waals surface area (Å²) in [5.41, 5.74) is 3.00. The highest BCUT2D eigenvalue weighted by Gasteiger charge is 2.20. The van der Waals surface area contributed by atoms with Gasteiger partial charge in [-0.15, -0.1) is 0 Å². The van der Waals surface area contributed by atoms with Crippen LogP contribution in [0.4, 0.5) is 0 Å². The zero-order valence-corrected chi connectivity index (χ0v) is 18.6. The maximum atomic E-state index is 12.6. The number of benzene rings is 2. The Hall–Kier alpha value is -2.34. The summed E-state index contributed by atoms with van der Waals surface area (Å²) >= 11 is 12.7. The molecule has 1 unspecified atom stereocenters. The van der Waals surface area contributed by atoms with Gasteiger partial charge in [0.2, 0.25) is 0 Å². The van der Waals surface area contributed by atoms with Crippen molar-refractivity contribution in [3.05, 3.63) is 87.2 Å². The third-order valence-corrected chi connectivity index (χ3v) is 5.57. The van der Waals surface area contributed by atoms with Crippen LogP contribution in [0.5, 0.6) is 0 Å². The number of ether oxygens (including phenoxy) is 1. The van der Waals surface area contributed by atoms with Crippen LogP contribution in [0.2, 0.25) is 10.2 Å². The van der Waals surface area contributed by atoms with Crippen molar-refractivity contribution in [3.8, 4) is 0 Å². The summed E-state index contributed by atoms with van der Waals surface area (Å²) in [5.74, 6) is -0.237. The number of halogens is 2. The molecular formula is C23H25Cl2N3O2. The lowest BCUT2D eigenvalue weighted by molar-refractivity contribution is 0.0635. The van der Waals surface area contributed by atoms with Gasteiger partial charge in [0, 0.05) is 18.2 Å². The summed E-state index contributed by atoms with van der Waals surface area (Å²) in [6.07, 6.45) is 0.717. The van der Waals surface area contributed by atoms with E-state index in [4.69, 9.17) is 27.9 Å². The number of amides is 1. The van der Waals surface area contributed by atoms with Crippen LogP contribution in [0.1, 0.15) is 46.6 Å². The van der Waals surface area contributed by atoms with Gasteiger partial charge in [-0.3, -0.25) is 4.79 Å². The van der Waals surface area contributed by atoms with E-state index in [9.17, 15) is 4.79 Å². The van der Waals surface area contributed by atoms with E-state index in [1.165, 1.54) is 0 Å². The number of aryl methyl sites for hydroxylation is 1. The Labute approximate surface area is 187 Å². The molecule has 0 aliphatic rings. The molecule has 0 saturated heterocycles. The first kappa shape index (κ1) is 22.3. The average molecular weight is 446 g/mol. The Morgan fingerprint density at radius 1 is 1.13 bits per heavy atom. The Morgan fingerprint density at radius 3 is 2.57 bits per heavy atom. The van der Waals surface area contributed by atoms with Gasteiger partial charge in [-0.25, -0.2) is 4.68 Å². The maximum Gasteiger partial charge on any atom is 0.256 e. The SMILES string of the molecule is Cc1nn(Cc2ccccc2Cl)c(Cl)c1C(=O)NCCCOC(C)c1ccccc1.